The predicted octanol–water partition coefficient (Wildman–Crippen LogP) is -2.58. The summed E-state index contributed by atoms with van der Waals surface area (Å²) in [5.41, 5.74) is -1.62. The van der Waals surface area contributed by atoms with E-state index in [0.29, 0.717) is 6.17 Å². The van der Waals surface area contributed by atoms with Gasteiger partial charge in [-0.25, -0.2) is 28.1 Å². The topological polar surface area (TPSA) is 66.0 Å². The molecule has 0 radical (unpaired) electrons. The van der Waals surface area contributed by atoms with Gasteiger partial charge in [0.1, 0.15) is 0 Å². The van der Waals surface area contributed by atoms with Crippen molar-refractivity contribution in [3.05, 3.63) is 31.5 Å². The van der Waals surface area contributed by atoms with Gasteiger partial charge < -0.3 is 0 Å². The van der Waals surface area contributed by atoms with Crippen LogP contribution in [0.5, 0.6) is 0 Å². The van der Waals surface area contributed by atoms with E-state index in [0.717, 1.165) is 13.7 Å². The van der Waals surface area contributed by atoms with E-state index < -0.39 is 26.6 Å². The van der Waals surface area contributed by atoms with Gasteiger partial charge in [0.15, 0.2) is 0 Å². The summed E-state index contributed by atoms with van der Waals surface area (Å²) >= 11 is 0. The average Bonchev–Trinajstić information content (AvgIpc) is 2.19. The first-order valence-electron chi connectivity index (χ1n) is 4.37. The van der Waals surface area contributed by atoms with Crippen molar-refractivity contribution in [1.82, 2.24) is 13.7 Å². The largest absolute Gasteiger partial charge is 0.335 e. The highest BCUT2D eigenvalue weighted by Gasteiger charge is 2.08. The maximum Gasteiger partial charge on any atom is 0.335 e. The Morgan fingerprint density at radius 1 is 1.00 bits per heavy atom. The molecule has 0 aliphatic carbocycles. The molecule has 0 saturated carbocycles. The molecule has 0 N–H and O–H groups in total. The summed E-state index contributed by atoms with van der Waals surface area (Å²) in [7, 11) is 2.31. The molecule has 0 aliphatic rings. The van der Waals surface area contributed by atoms with Gasteiger partial charge in [-0.05, 0) is 0 Å². The van der Waals surface area contributed by atoms with E-state index in [1.165, 1.54) is 14.1 Å². The molecule has 0 aliphatic heterocycles. The van der Waals surface area contributed by atoms with Crippen molar-refractivity contribution in [3.8, 4) is 0 Å². The average molecular weight is 215 g/mol. The Hall–Kier alpha value is -1.37. The van der Waals surface area contributed by atoms with Gasteiger partial charge in [0, 0.05) is 29.8 Å². The first-order chi connectivity index (χ1) is 6.50. The summed E-state index contributed by atoms with van der Waals surface area (Å²) in [6.45, 7) is 2.00. The second kappa shape index (κ2) is 3.78. The molecule has 7 heteroatoms. The summed E-state index contributed by atoms with van der Waals surface area (Å²) in [5, 5.41) is 0. The monoisotopic (exact) mass is 215 g/mol. The zero-order valence-electron chi connectivity index (χ0n) is 8.48. The molecule has 1 rings (SSSR count). The summed E-state index contributed by atoms with van der Waals surface area (Å²) in [5.74, 6) is 0. The first-order valence-corrected chi connectivity index (χ1v) is 6.79. The highest BCUT2D eigenvalue weighted by atomic mass is 28.2. The quantitative estimate of drug-likeness (QED) is 0.509. The van der Waals surface area contributed by atoms with Crippen molar-refractivity contribution in [2.75, 3.05) is 0 Å². The third-order valence-electron chi connectivity index (χ3n) is 2.06. The minimum Gasteiger partial charge on any atom is -0.249 e. The minimum atomic E-state index is -0.575. The molecule has 0 aromatic carbocycles. The zero-order valence-corrected chi connectivity index (χ0v) is 9.89. The smallest absolute Gasteiger partial charge is 0.249 e. The fraction of sp³-hybridized carbons (Fsp3) is 0.571. The van der Waals surface area contributed by atoms with Gasteiger partial charge in [0.2, 0.25) is 0 Å². The van der Waals surface area contributed by atoms with Crippen molar-refractivity contribution < 1.29 is 0 Å². The summed E-state index contributed by atoms with van der Waals surface area (Å²) in [6, 6.07) is 0. The van der Waals surface area contributed by atoms with Crippen LogP contribution in [0, 0.1) is 0 Å². The van der Waals surface area contributed by atoms with Gasteiger partial charge >= 0.3 is 17.1 Å². The Labute approximate surface area is 82.2 Å². The molecule has 0 bridgehead atoms. The van der Waals surface area contributed by atoms with Crippen LogP contribution in [-0.2, 0) is 20.3 Å². The molecular formula is C7H13N3O3Si. The van der Waals surface area contributed by atoms with Crippen LogP contribution < -0.4 is 17.1 Å². The number of rotatable bonds is 2. The highest BCUT2D eigenvalue weighted by molar-refractivity contribution is 6.31. The van der Waals surface area contributed by atoms with E-state index in [9.17, 15) is 14.4 Å². The Morgan fingerprint density at radius 3 is 1.79 bits per heavy atom. The number of hydrogen-bond donors (Lipinski definition) is 0. The van der Waals surface area contributed by atoms with Crippen molar-refractivity contribution in [2.24, 2.45) is 14.1 Å². The molecule has 0 spiro atoms. The molecule has 1 aromatic heterocycles. The Kier molecular flexibility index (Phi) is 2.89. The number of aromatic nitrogens is 3. The van der Waals surface area contributed by atoms with Crippen LogP contribution in [0.1, 0.15) is 0 Å². The molecule has 0 atom stereocenters. The molecule has 1 aromatic rings. The molecule has 1 heterocycles. The van der Waals surface area contributed by atoms with Gasteiger partial charge in [0.05, 0.1) is 0 Å². The lowest BCUT2D eigenvalue weighted by atomic mass is 10.8. The highest BCUT2D eigenvalue weighted by Crippen LogP contribution is 1.68. The van der Waals surface area contributed by atoms with Gasteiger partial charge in [-0.2, -0.15) is 0 Å². The van der Waals surface area contributed by atoms with Gasteiger partial charge in [-0.1, -0.05) is 6.55 Å². The summed E-state index contributed by atoms with van der Waals surface area (Å²) in [6.07, 6.45) is 0.472. The van der Waals surface area contributed by atoms with Crippen molar-refractivity contribution >= 4 is 9.52 Å². The lowest BCUT2D eigenvalue weighted by Gasteiger charge is -2.06. The van der Waals surface area contributed by atoms with Gasteiger partial charge in [-0.15, -0.1) is 0 Å². The molecule has 6 nitrogen and oxygen atoms in total. The minimum absolute atomic E-state index is 0.437. The van der Waals surface area contributed by atoms with Crippen LogP contribution in [0.15, 0.2) is 14.4 Å². The van der Waals surface area contributed by atoms with Crippen LogP contribution in [0.2, 0.25) is 6.55 Å². The second-order valence-corrected chi connectivity index (χ2v) is 4.56. The van der Waals surface area contributed by atoms with E-state index >= 15 is 0 Å². The predicted molar refractivity (Wildman–Crippen MR) is 55.6 cm³/mol. The molecule has 0 fully saturated rings. The maximum atomic E-state index is 11.5. The van der Waals surface area contributed by atoms with Crippen LogP contribution in [-0.4, -0.2) is 23.2 Å². The van der Waals surface area contributed by atoms with Crippen LogP contribution in [0.25, 0.3) is 0 Å². The molecule has 0 saturated heterocycles. The van der Waals surface area contributed by atoms with E-state index in [4.69, 9.17) is 0 Å². The standard InChI is InChI=1S/C7H13N3O3Si/c1-8-5(11)9(2)7(13)10(4-14-3)6(8)12/h4,14H2,1-3H3. The zero-order chi connectivity index (χ0) is 10.9. The van der Waals surface area contributed by atoms with E-state index in [1.54, 1.807) is 0 Å². The molecule has 0 amide bonds. The number of hydrogen-bond acceptors (Lipinski definition) is 3. The Balaban J connectivity index is 3.70. The lowest BCUT2D eigenvalue weighted by molar-refractivity contribution is 0.543. The van der Waals surface area contributed by atoms with Crippen LogP contribution in [0.4, 0.5) is 0 Å². The van der Waals surface area contributed by atoms with Crippen LogP contribution >= 0.6 is 0 Å². The van der Waals surface area contributed by atoms with Crippen molar-refractivity contribution in [3.63, 3.8) is 0 Å². The van der Waals surface area contributed by atoms with E-state index in [1.807, 2.05) is 6.55 Å². The molecule has 78 valence electrons. The van der Waals surface area contributed by atoms with Gasteiger partial charge in [0.25, 0.3) is 0 Å². The third kappa shape index (κ3) is 1.50. The Bertz CT molecular complexity index is 470. The lowest BCUT2D eigenvalue weighted by Crippen LogP contribution is -2.53. The van der Waals surface area contributed by atoms with Crippen molar-refractivity contribution in [2.45, 2.75) is 12.7 Å². The fourth-order valence-corrected chi connectivity index (χ4v) is 2.08. The van der Waals surface area contributed by atoms with E-state index in [2.05, 4.69) is 0 Å². The van der Waals surface area contributed by atoms with Gasteiger partial charge in [-0.3, -0.25) is 0 Å². The fourth-order valence-electron chi connectivity index (χ4n) is 1.25. The third-order valence-corrected chi connectivity index (χ3v) is 2.95. The van der Waals surface area contributed by atoms with Crippen molar-refractivity contribution in [1.29, 1.82) is 0 Å². The maximum absolute atomic E-state index is 11.5. The first kappa shape index (κ1) is 10.7. The number of nitrogens with zero attached hydrogens (tertiary/aromatic N) is 3. The SMILES string of the molecule is C[SiH2]Cn1c(=O)n(C)c(=O)n(C)c1=O. The van der Waals surface area contributed by atoms with Crippen LogP contribution in [0.3, 0.4) is 0 Å². The molecule has 0 unspecified atom stereocenters. The normalized spacial score (nSPS) is 11.4. The summed E-state index contributed by atoms with van der Waals surface area (Å²) < 4.78 is 3.02. The summed E-state index contributed by atoms with van der Waals surface area (Å²) in [4.78, 5) is 34.3. The molecular weight excluding hydrogens is 202 g/mol. The second-order valence-electron chi connectivity index (χ2n) is 3.12. The van der Waals surface area contributed by atoms with E-state index in [-0.39, 0.29) is 0 Å². The molecule has 14 heavy (non-hydrogen) atoms. The Morgan fingerprint density at radius 2 is 1.43 bits per heavy atom.